The highest BCUT2D eigenvalue weighted by Gasteiger charge is 2.28. The van der Waals surface area contributed by atoms with Gasteiger partial charge in [0.2, 0.25) is 5.91 Å². The van der Waals surface area contributed by atoms with Crippen molar-refractivity contribution in [2.24, 2.45) is 5.92 Å². The molecule has 1 aromatic rings. The van der Waals surface area contributed by atoms with E-state index in [1.54, 1.807) is 0 Å². The van der Waals surface area contributed by atoms with E-state index in [0.717, 1.165) is 51.3 Å². The lowest BCUT2D eigenvalue weighted by Gasteiger charge is -2.33. The molecule has 3 rings (SSSR count). The van der Waals surface area contributed by atoms with Gasteiger partial charge >= 0.3 is 0 Å². The predicted octanol–water partition coefficient (Wildman–Crippen LogP) is 3.49. The van der Waals surface area contributed by atoms with Crippen LogP contribution in [-0.4, -0.2) is 55.0 Å². The predicted molar refractivity (Wildman–Crippen MR) is 101 cm³/mol. The molecule has 0 atom stereocenters. The molecule has 0 aliphatic carbocycles. The van der Waals surface area contributed by atoms with E-state index in [0.29, 0.717) is 12.5 Å². The van der Waals surface area contributed by atoms with Gasteiger partial charge in [-0.15, -0.1) is 0 Å². The second-order valence-electron chi connectivity index (χ2n) is 7.52. The summed E-state index contributed by atoms with van der Waals surface area (Å²) in [4.78, 5) is 17.3. The Morgan fingerprint density at radius 1 is 1.08 bits per heavy atom. The van der Waals surface area contributed by atoms with Gasteiger partial charge in [-0.05, 0) is 63.4 Å². The van der Waals surface area contributed by atoms with Gasteiger partial charge in [0.15, 0.2) is 0 Å². The average Bonchev–Trinajstić information content (AvgIpc) is 2.91. The molecule has 0 N–H and O–H groups in total. The van der Waals surface area contributed by atoms with Crippen LogP contribution in [0.3, 0.4) is 0 Å². The number of piperidine rings is 1. The van der Waals surface area contributed by atoms with Gasteiger partial charge in [-0.1, -0.05) is 25.0 Å². The molecule has 4 heteroatoms. The Morgan fingerprint density at radius 2 is 1.80 bits per heavy atom. The number of aryl methyl sites for hydroxylation is 1. The van der Waals surface area contributed by atoms with Crippen LogP contribution in [0, 0.1) is 12.8 Å². The van der Waals surface area contributed by atoms with E-state index in [9.17, 15) is 4.79 Å². The Kier molecular flexibility index (Phi) is 6.74. The second-order valence-corrected chi connectivity index (χ2v) is 7.52. The van der Waals surface area contributed by atoms with E-state index in [-0.39, 0.29) is 5.92 Å². The minimum Gasteiger partial charge on any atom is -0.492 e. The Morgan fingerprint density at radius 3 is 2.48 bits per heavy atom. The first kappa shape index (κ1) is 18.2. The number of likely N-dealkylation sites (tertiary alicyclic amines) is 2. The number of rotatable bonds is 5. The average molecular weight is 344 g/mol. The number of benzene rings is 1. The molecule has 2 aliphatic heterocycles. The Bertz CT molecular complexity index is 545. The summed E-state index contributed by atoms with van der Waals surface area (Å²) in [5, 5.41) is 0. The summed E-state index contributed by atoms with van der Waals surface area (Å²) >= 11 is 0. The van der Waals surface area contributed by atoms with Crippen molar-refractivity contribution in [2.75, 3.05) is 39.3 Å². The van der Waals surface area contributed by atoms with Crippen molar-refractivity contribution in [1.29, 1.82) is 0 Å². The number of carbonyl (C=O) groups is 1. The number of amides is 1. The Hall–Kier alpha value is -1.55. The maximum atomic E-state index is 12.7. The van der Waals surface area contributed by atoms with Crippen molar-refractivity contribution in [2.45, 2.75) is 45.4 Å². The van der Waals surface area contributed by atoms with E-state index in [1.807, 2.05) is 12.1 Å². The van der Waals surface area contributed by atoms with E-state index in [4.69, 9.17) is 4.74 Å². The quantitative estimate of drug-likeness (QED) is 0.820. The zero-order chi connectivity index (χ0) is 17.5. The fraction of sp³-hybridized carbons (Fsp3) is 0.667. The second kappa shape index (κ2) is 9.23. The van der Waals surface area contributed by atoms with Gasteiger partial charge in [0.1, 0.15) is 12.4 Å². The van der Waals surface area contributed by atoms with Crippen molar-refractivity contribution < 1.29 is 9.53 Å². The normalized spacial score (nSPS) is 20.3. The van der Waals surface area contributed by atoms with Gasteiger partial charge in [-0.25, -0.2) is 0 Å². The molecule has 0 saturated carbocycles. The Balaban J connectivity index is 1.37. The molecule has 0 bridgehead atoms. The minimum atomic E-state index is 0.243. The smallest absolute Gasteiger partial charge is 0.225 e. The van der Waals surface area contributed by atoms with Crippen molar-refractivity contribution in [3.8, 4) is 5.75 Å². The van der Waals surface area contributed by atoms with Gasteiger partial charge in [0.25, 0.3) is 0 Å². The lowest BCUT2D eigenvalue weighted by molar-refractivity contribution is -0.137. The maximum Gasteiger partial charge on any atom is 0.225 e. The van der Waals surface area contributed by atoms with Crippen molar-refractivity contribution in [3.63, 3.8) is 0 Å². The highest BCUT2D eigenvalue weighted by molar-refractivity contribution is 5.79. The summed E-state index contributed by atoms with van der Waals surface area (Å²) in [7, 11) is 0. The monoisotopic (exact) mass is 344 g/mol. The first-order chi connectivity index (χ1) is 12.2. The molecule has 1 amide bonds. The molecule has 2 fully saturated rings. The molecule has 25 heavy (non-hydrogen) atoms. The SMILES string of the molecule is Cc1cccc(OCCN2CCC(C(=O)N3CCCCCC3)CC2)c1. The van der Waals surface area contributed by atoms with Gasteiger partial charge < -0.3 is 9.64 Å². The summed E-state index contributed by atoms with van der Waals surface area (Å²) in [6.07, 6.45) is 6.92. The largest absolute Gasteiger partial charge is 0.492 e. The van der Waals surface area contributed by atoms with E-state index < -0.39 is 0 Å². The lowest BCUT2D eigenvalue weighted by atomic mass is 9.95. The minimum absolute atomic E-state index is 0.243. The summed E-state index contributed by atoms with van der Waals surface area (Å²) in [5.74, 6) is 1.61. The Labute approximate surface area is 152 Å². The topological polar surface area (TPSA) is 32.8 Å². The first-order valence-electron chi connectivity index (χ1n) is 9.93. The van der Waals surface area contributed by atoms with Crippen LogP contribution >= 0.6 is 0 Å². The van der Waals surface area contributed by atoms with Crippen molar-refractivity contribution in [1.82, 2.24) is 9.80 Å². The van der Waals surface area contributed by atoms with Crippen LogP contribution in [-0.2, 0) is 4.79 Å². The zero-order valence-electron chi connectivity index (χ0n) is 15.6. The van der Waals surface area contributed by atoms with E-state index in [2.05, 4.69) is 28.9 Å². The maximum absolute atomic E-state index is 12.7. The third-order valence-corrected chi connectivity index (χ3v) is 5.52. The molecule has 0 spiro atoms. The summed E-state index contributed by atoms with van der Waals surface area (Å²) in [5.41, 5.74) is 1.23. The van der Waals surface area contributed by atoms with E-state index in [1.165, 1.54) is 31.2 Å². The van der Waals surface area contributed by atoms with Gasteiger partial charge in [-0.2, -0.15) is 0 Å². The molecule has 138 valence electrons. The van der Waals surface area contributed by atoms with Crippen LogP contribution in [0.25, 0.3) is 0 Å². The summed E-state index contributed by atoms with van der Waals surface area (Å²) in [6.45, 7) is 7.72. The fourth-order valence-corrected chi connectivity index (χ4v) is 3.95. The van der Waals surface area contributed by atoms with Gasteiger partial charge in [0.05, 0.1) is 0 Å². The number of hydrogen-bond acceptors (Lipinski definition) is 3. The zero-order valence-corrected chi connectivity index (χ0v) is 15.6. The summed E-state index contributed by atoms with van der Waals surface area (Å²) in [6, 6.07) is 8.20. The third-order valence-electron chi connectivity index (χ3n) is 5.52. The molecule has 2 heterocycles. The van der Waals surface area contributed by atoms with Crippen LogP contribution < -0.4 is 4.74 Å². The highest BCUT2D eigenvalue weighted by atomic mass is 16.5. The van der Waals surface area contributed by atoms with Crippen LogP contribution in [0.1, 0.15) is 44.1 Å². The van der Waals surface area contributed by atoms with Crippen LogP contribution in [0.2, 0.25) is 0 Å². The molecule has 0 unspecified atom stereocenters. The number of hydrogen-bond donors (Lipinski definition) is 0. The molecule has 0 aromatic heterocycles. The van der Waals surface area contributed by atoms with Crippen molar-refractivity contribution >= 4 is 5.91 Å². The molecule has 0 radical (unpaired) electrons. The molecular formula is C21H32N2O2. The number of nitrogens with zero attached hydrogens (tertiary/aromatic N) is 2. The third kappa shape index (κ3) is 5.46. The lowest BCUT2D eigenvalue weighted by Crippen LogP contribution is -2.43. The number of carbonyl (C=O) groups excluding carboxylic acids is 1. The van der Waals surface area contributed by atoms with Gasteiger partial charge in [-0.3, -0.25) is 9.69 Å². The van der Waals surface area contributed by atoms with Gasteiger partial charge in [0, 0.05) is 25.6 Å². The van der Waals surface area contributed by atoms with Crippen LogP contribution in [0.4, 0.5) is 0 Å². The fourth-order valence-electron chi connectivity index (χ4n) is 3.95. The van der Waals surface area contributed by atoms with Crippen molar-refractivity contribution in [3.05, 3.63) is 29.8 Å². The highest BCUT2D eigenvalue weighted by Crippen LogP contribution is 2.22. The molecule has 2 saturated heterocycles. The molecule has 1 aromatic carbocycles. The number of ether oxygens (including phenoxy) is 1. The standard InChI is InChI=1S/C21H32N2O2/c1-18-7-6-8-20(17-18)25-16-15-22-13-9-19(10-14-22)21(24)23-11-4-2-3-5-12-23/h6-8,17,19H,2-5,9-16H2,1H3. The summed E-state index contributed by atoms with van der Waals surface area (Å²) < 4.78 is 5.86. The molecule has 2 aliphatic rings. The van der Waals surface area contributed by atoms with Crippen LogP contribution in [0.15, 0.2) is 24.3 Å². The molecular weight excluding hydrogens is 312 g/mol. The van der Waals surface area contributed by atoms with Crippen LogP contribution in [0.5, 0.6) is 5.75 Å². The van der Waals surface area contributed by atoms with E-state index >= 15 is 0 Å². The first-order valence-corrected chi connectivity index (χ1v) is 9.93. The molecule has 4 nitrogen and oxygen atoms in total.